The van der Waals surface area contributed by atoms with Crippen molar-refractivity contribution in [3.63, 3.8) is 0 Å². The minimum atomic E-state index is -0.500. The summed E-state index contributed by atoms with van der Waals surface area (Å²) < 4.78 is 6.78. The van der Waals surface area contributed by atoms with E-state index >= 15 is 0 Å². The van der Waals surface area contributed by atoms with E-state index in [0.717, 1.165) is 24.2 Å². The van der Waals surface area contributed by atoms with E-state index in [1.807, 2.05) is 24.0 Å². The second-order valence-electron chi connectivity index (χ2n) is 8.44. The van der Waals surface area contributed by atoms with Crippen LogP contribution in [0.3, 0.4) is 0 Å². The highest BCUT2D eigenvalue weighted by molar-refractivity contribution is 5.77. The van der Waals surface area contributed by atoms with Gasteiger partial charge in [-0.25, -0.2) is 19.3 Å². The van der Waals surface area contributed by atoms with E-state index < -0.39 is 5.63 Å². The Morgan fingerprint density at radius 3 is 2.91 bits per heavy atom. The van der Waals surface area contributed by atoms with E-state index in [1.54, 1.807) is 24.3 Å². The fourth-order valence-corrected chi connectivity index (χ4v) is 4.43. The lowest BCUT2D eigenvalue weighted by molar-refractivity contribution is -0.132. The lowest BCUT2D eigenvalue weighted by Crippen LogP contribution is -2.39. The van der Waals surface area contributed by atoms with Crippen LogP contribution in [-0.2, 0) is 17.6 Å². The number of aromatic amines is 1. The summed E-state index contributed by atoms with van der Waals surface area (Å²) in [5.74, 6) is 0.0754. The molecule has 3 aromatic heterocycles. The van der Waals surface area contributed by atoms with Gasteiger partial charge in [0.05, 0.1) is 0 Å². The van der Waals surface area contributed by atoms with Crippen molar-refractivity contribution in [2.45, 2.75) is 44.9 Å². The second kappa shape index (κ2) is 8.65. The third-order valence-electron chi connectivity index (χ3n) is 6.23. The third-order valence-corrected chi connectivity index (χ3v) is 6.23. The second-order valence-corrected chi connectivity index (χ2v) is 8.44. The monoisotopic (exact) mass is 447 g/mol. The maximum absolute atomic E-state index is 12.9. The Balaban J connectivity index is 1.29. The minimum Gasteiger partial charge on any atom is -0.420 e. The van der Waals surface area contributed by atoms with Gasteiger partial charge in [0.25, 0.3) is 5.56 Å². The number of hydrogen-bond acceptors (Lipinski definition) is 6. The van der Waals surface area contributed by atoms with Crippen molar-refractivity contribution in [2.75, 3.05) is 13.1 Å². The van der Waals surface area contributed by atoms with Crippen LogP contribution in [0.5, 0.6) is 0 Å². The van der Waals surface area contributed by atoms with Gasteiger partial charge in [0.2, 0.25) is 5.91 Å². The van der Waals surface area contributed by atoms with E-state index in [-0.39, 0.29) is 35.9 Å². The molecule has 1 fully saturated rings. The zero-order valence-electron chi connectivity index (χ0n) is 18.4. The number of hydrogen-bond donors (Lipinski definition) is 1. The van der Waals surface area contributed by atoms with Gasteiger partial charge >= 0.3 is 5.63 Å². The number of piperidine rings is 1. The standard InChI is InChI=1S/C24H25N5O4/c1-2-16-12-23(31)29-21(25-16)13-19(27-29)15-6-5-11-28(14-15)22(30)10-9-18-24(32)33-20-8-4-3-7-17(20)26-18/h3-4,7-8,12-13,15,27H,2,5-6,9-11,14H2,1H3. The van der Waals surface area contributed by atoms with Gasteiger partial charge in [0.1, 0.15) is 11.2 Å². The maximum Gasteiger partial charge on any atom is 0.358 e. The molecule has 1 aliphatic heterocycles. The van der Waals surface area contributed by atoms with Crippen LogP contribution in [0.25, 0.3) is 16.7 Å². The molecule has 0 aliphatic carbocycles. The van der Waals surface area contributed by atoms with E-state index in [9.17, 15) is 14.4 Å². The number of nitrogens with one attached hydrogen (secondary N) is 1. The summed E-state index contributed by atoms with van der Waals surface area (Å²) in [4.78, 5) is 48.2. The zero-order valence-corrected chi connectivity index (χ0v) is 18.4. The first-order chi connectivity index (χ1) is 16.0. The summed E-state index contributed by atoms with van der Waals surface area (Å²) in [6.07, 6.45) is 2.91. The van der Waals surface area contributed by atoms with Crippen LogP contribution < -0.4 is 11.2 Å². The van der Waals surface area contributed by atoms with Crippen molar-refractivity contribution in [1.82, 2.24) is 24.5 Å². The molecule has 1 unspecified atom stereocenters. The van der Waals surface area contributed by atoms with Crippen LogP contribution in [0.4, 0.5) is 0 Å². The number of para-hydroxylation sites is 2. The average molecular weight is 447 g/mol. The van der Waals surface area contributed by atoms with Gasteiger partial charge < -0.3 is 9.32 Å². The molecule has 1 saturated heterocycles. The quantitative estimate of drug-likeness (QED) is 0.503. The maximum atomic E-state index is 12.9. The summed E-state index contributed by atoms with van der Waals surface area (Å²) in [5.41, 5.74) is 2.95. The number of H-pyrrole nitrogens is 1. The molecule has 5 rings (SSSR count). The normalized spacial score (nSPS) is 16.5. The molecule has 1 atom stereocenters. The van der Waals surface area contributed by atoms with E-state index in [2.05, 4.69) is 15.1 Å². The SMILES string of the molecule is CCc1cc(=O)n2[nH]c(C3CCCN(C(=O)CCc4nc5ccccc5oc4=O)C3)cc2n1. The summed E-state index contributed by atoms with van der Waals surface area (Å²) in [7, 11) is 0. The van der Waals surface area contributed by atoms with Crippen LogP contribution in [0, 0.1) is 0 Å². The Hall–Kier alpha value is -3.75. The Morgan fingerprint density at radius 1 is 1.21 bits per heavy atom. The van der Waals surface area contributed by atoms with Gasteiger partial charge in [0, 0.05) is 55.4 Å². The highest BCUT2D eigenvalue weighted by atomic mass is 16.4. The molecular formula is C24H25N5O4. The van der Waals surface area contributed by atoms with Crippen molar-refractivity contribution in [1.29, 1.82) is 0 Å². The number of amides is 1. The van der Waals surface area contributed by atoms with Gasteiger partial charge in [-0.3, -0.25) is 14.7 Å². The van der Waals surface area contributed by atoms with Gasteiger partial charge in [-0.2, -0.15) is 0 Å². The van der Waals surface area contributed by atoms with Crippen LogP contribution in [0.2, 0.25) is 0 Å². The van der Waals surface area contributed by atoms with Crippen molar-refractivity contribution >= 4 is 22.7 Å². The molecule has 170 valence electrons. The molecule has 0 spiro atoms. The Labute approximate surface area is 189 Å². The predicted octanol–water partition coefficient (Wildman–Crippen LogP) is 2.43. The van der Waals surface area contributed by atoms with Crippen molar-refractivity contribution in [2.24, 2.45) is 0 Å². The number of aromatic nitrogens is 4. The molecule has 9 nitrogen and oxygen atoms in total. The van der Waals surface area contributed by atoms with Gasteiger partial charge in [-0.1, -0.05) is 19.1 Å². The molecular weight excluding hydrogens is 422 g/mol. The van der Waals surface area contributed by atoms with E-state index in [1.165, 1.54) is 4.52 Å². The van der Waals surface area contributed by atoms with Crippen LogP contribution in [-0.4, -0.2) is 43.5 Å². The number of rotatable bonds is 5. The smallest absolute Gasteiger partial charge is 0.358 e. The Kier molecular flexibility index (Phi) is 5.53. The fourth-order valence-electron chi connectivity index (χ4n) is 4.43. The number of carbonyl (C=O) groups is 1. The van der Waals surface area contributed by atoms with Crippen LogP contribution in [0.1, 0.15) is 49.2 Å². The van der Waals surface area contributed by atoms with Crippen molar-refractivity contribution in [3.05, 3.63) is 74.3 Å². The summed E-state index contributed by atoms with van der Waals surface area (Å²) in [5, 5.41) is 3.17. The van der Waals surface area contributed by atoms with Crippen molar-refractivity contribution in [3.8, 4) is 0 Å². The number of fused-ring (bicyclic) bond motifs is 2. The number of aryl methyl sites for hydroxylation is 2. The third kappa shape index (κ3) is 4.18. The summed E-state index contributed by atoms with van der Waals surface area (Å²) >= 11 is 0. The van der Waals surface area contributed by atoms with Crippen molar-refractivity contribution < 1.29 is 9.21 Å². The van der Waals surface area contributed by atoms with E-state index in [0.29, 0.717) is 36.3 Å². The molecule has 4 aromatic rings. The molecule has 4 heterocycles. The van der Waals surface area contributed by atoms with E-state index in [4.69, 9.17) is 4.42 Å². The number of benzene rings is 1. The zero-order chi connectivity index (χ0) is 22.9. The first-order valence-corrected chi connectivity index (χ1v) is 11.3. The molecule has 1 N–H and O–H groups in total. The lowest BCUT2D eigenvalue weighted by atomic mass is 9.94. The highest BCUT2D eigenvalue weighted by Crippen LogP contribution is 2.27. The molecule has 1 aromatic carbocycles. The highest BCUT2D eigenvalue weighted by Gasteiger charge is 2.26. The van der Waals surface area contributed by atoms with Gasteiger partial charge in [-0.15, -0.1) is 0 Å². The predicted molar refractivity (Wildman–Crippen MR) is 122 cm³/mol. The number of likely N-dealkylation sites (tertiary alicyclic amines) is 1. The Morgan fingerprint density at radius 2 is 2.06 bits per heavy atom. The molecule has 0 saturated carbocycles. The molecule has 9 heteroatoms. The molecule has 1 aliphatic rings. The fraction of sp³-hybridized carbons (Fsp3) is 0.375. The number of carbonyl (C=O) groups excluding carboxylic acids is 1. The lowest BCUT2D eigenvalue weighted by Gasteiger charge is -2.32. The van der Waals surface area contributed by atoms with Crippen LogP contribution >= 0.6 is 0 Å². The molecule has 33 heavy (non-hydrogen) atoms. The number of nitrogens with zero attached hydrogens (tertiary/aromatic N) is 4. The van der Waals surface area contributed by atoms with Gasteiger partial charge in [-0.05, 0) is 31.4 Å². The average Bonchev–Trinajstić information content (AvgIpc) is 3.27. The van der Waals surface area contributed by atoms with Gasteiger partial charge in [0.15, 0.2) is 11.2 Å². The topological polar surface area (TPSA) is 114 Å². The largest absolute Gasteiger partial charge is 0.420 e. The first-order valence-electron chi connectivity index (χ1n) is 11.3. The first kappa shape index (κ1) is 21.1. The molecule has 0 radical (unpaired) electrons. The molecule has 0 bridgehead atoms. The molecule has 1 amide bonds. The minimum absolute atomic E-state index is 0.0197. The summed E-state index contributed by atoms with van der Waals surface area (Å²) in [6, 6.07) is 10.5. The van der Waals surface area contributed by atoms with Crippen LogP contribution in [0.15, 0.2) is 50.4 Å². The summed E-state index contributed by atoms with van der Waals surface area (Å²) in [6.45, 7) is 3.20. The Bertz CT molecular complexity index is 1450.